The molecule has 1 fully saturated rings. The Morgan fingerprint density at radius 2 is 1.91 bits per heavy atom. The van der Waals surface area contributed by atoms with Gasteiger partial charge in [-0.15, -0.1) is 0 Å². The van der Waals surface area contributed by atoms with Gasteiger partial charge >= 0.3 is 0 Å². The molecule has 23 heavy (non-hydrogen) atoms. The highest BCUT2D eigenvalue weighted by Crippen LogP contribution is 2.22. The zero-order chi connectivity index (χ0) is 15.9. The van der Waals surface area contributed by atoms with E-state index in [1.165, 1.54) is 37.7 Å². The van der Waals surface area contributed by atoms with E-state index < -0.39 is 0 Å². The minimum Gasteiger partial charge on any atom is -0.367 e. The Hall–Kier alpha value is -2.17. The van der Waals surface area contributed by atoms with Crippen LogP contribution in [0.3, 0.4) is 0 Å². The molecule has 0 atom stereocenters. The van der Waals surface area contributed by atoms with Crippen molar-refractivity contribution in [3.8, 4) is 0 Å². The van der Waals surface area contributed by atoms with Crippen molar-refractivity contribution in [2.24, 2.45) is 0 Å². The number of hydrogen-bond acceptors (Lipinski definition) is 5. The first-order valence-corrected chi connectivity index (χ1v) is 8.50. The van der Waals surface area contributed by atoms with Crippen molar-refractivity contribution >= 4 is 11.6 Å². The Bertz CT molecular complexity index is 595. The predicted octanol–water partition coefficient (Wildman–Crippen LogP) is 3.30. The summed E-state index contributed by atoms with van der Waals surface area (Å²) in [4.78, 5) is 15.0. The van der Waals surface area contributed by atoms with Crippen molar-refractivity contribution in [3.05, 3.63) is 42.5 Å². The topological polar surface area (TPSA) is 53.9 Å². The summed E-state index contributed by atoms with van der Waals surface area (Å²) in [5.41, 5.74) is 1.29. The van der Waals surface area contributed by atoms with Gasteiger partial charge in [-0.25, -0.2) is 9.97 Å². The molecule has 0 aliphatic heterocycles. The fraction of sp³-hybridized carbons (Fsp3) is 0.500. The molecule has 2 heterocycles. The average Bonchev–Trinajstić information content (AvgIpc) is 2.62. The molecule has 1 saturated carbocycles. The molecule has 2 aromatic heterocycles. The lowest BCUT2D eigenvalue weighted by Gasteiger charge is -2.24. The first-order valence-electron chi connectivity index (χ1n) is 8.50. The van der Waals surface area contributed by atoms with Crippen LogP contribution in [0.2, 0.25) is 0 Å². The molecule has 1 aliphatic carbocycles. The lowest BCUT2D eigenvalue weighted by Crippen LogP contribution is -2.24. The standard InChI is InChI=1S/C18H25N5/c1-23(12-9-15-7-10-19-11-8-15)18-13-17(20-14-21-18)22-16-5-3-2-4-6-16/h7-8,10-11,13-14,16H,2-6,9,12H2,1H3,(H,20,21,22). The monoisotopic (exact) mass is 311 g/mol. The maximum atomic E-state index is 4.41. The number of rotatable bonds is 6. The Morgan fingerprint density at radius 3 is 2.70 bits per heavy atom. The third kappa shape index (κ3) is 4.65. The second kappa shape index (κ2) is 7.90. The lowest BCUT2D eigenvalue weighted by molar-refractivity contribution is 0.462. The van der Waals surface area contributed by atoms with Crippen LogP contribution in [0.1, 0.15) is 37.7 Å². The van der Waals surface area contributed by atoms with Crippen LogP contribution in [0, 0.1) is 0 Å². The molecule has 0 spiro atoms. The number of aromatic nitrogens is 3. The van der Waals surface area contributed by atoms with Crippen LogP contribution in [0.5, 0.6) is 0 Å². The first kappa shape index (κ1) is 15.7. The molecular weight excluding hydrogens is 286 g/mol. The molecule has 0 saturated heterocycles. The zero-order valence-electron chi connectivity index (χ0n) is 13.8. The Kier molecular flexibility index (Phi) is 5.40. The maximum Gasteiger partial charge on any atom is 0.133 e. The van der Waals surface area contributed by atoms with Gasteiger partial charge in [-0.3, -0.25) is 4.98 Å². The number of nitrogens with zero attached hydrogens (tertiary/aromatic N) is 4. The van der Waals surface area contributed by atoms with E-state index >= 15 is 0 Å². The van der Waals surface area contributed by atoms with Gasteiger partial charge in [-0.2, -0.15) is 0 Å². The van der Waals surface area contributed by atoms with Gasteiger partial charge in [0, 0.05) is 38.1 Å². The summed E-state index contributed by atoms with van der Waals surface area (Å²) >= 11 is 0. The molecule has 0 bridgehead atoms. The van der Waals surface area contributed by atoms with E-state index in [4.69, 9.17) is 0 Å². The first-order chi connectivity index (χ1) is 11.3. The normalized spacial score (nSPS) is 15.3. The molecule has 0 aromatic carbocycles. The van der Waals surface area contributed by atoms with Crippen LogP contribution in [0.25, 0.3) is 0 Å². The molecule has 5 heteroatoms. The Labute approximate surface area is 138 Å². The molecular formula is C18H25N5. The molecule has 0 radical (unpaired) electrons. The molecule has 2 aromatic rings. The molecule has 0 unspecified atom stereocenters. The van der Waals surface area contributed by atoms with E-state index in [1.54, 1.807) is 6.33 Å². The Balaban J connectivity index is 1.57. The number of likely N-dealkylation sites (N-methyl/N-ethyl adjacent to an activating group) is 1. The second-order valence-electron chi connectivity index (χ2n) is 6.27. The van der Waals surface area contributed by atoms with E-state index in [9.17, 15) is 0 Å². The minimum absolute atomic E-state index is 0.564. The van der Waals surface area contributed by atoms with Crippen molar-refractivity contribution in [2.75, 3.05) is 23.8 Å². The maximum absolute atomic E-state index is 4.41. The largest absolute Gasteiger partial charge is 0.367 e. The number of pyridine rings is 1. The summed E-state index contributed by atoms with van der Waals surface area (Å²) in [6, 6.07) is 6.74. The van der Waals surface area contributed by atoms with Crippen LogP contribution < -0.4 is 10.2 Å². The zero-order valence-corrected chi connectivity index (χ0v) is 13.8. The highest BCUT2D eigenvalue weighted by atomic mass is 15.2. The summed E-state index contributed by atoms with van der Waals surface area (Å²) < 4.78 is 0. The van der Waals surface area contributed by atoms with Crippen molar-refractivity contribution < 1.29 is 0 Å². The van der Waals surface area contributed by atoms with Crippen molar-refractivity contribution in [1.29, 1.82) is 0 Å². The van der Waals surface area contributed by atoms with Gasteiger partial charge in [0.25, 0.3) is 0 Å². The molecule has 1 N–H and O–H groups in total. The number of hydrogen-bond donors (Lipinski definition) is 1. The van der Waals surface area contributed by atoms with Gasteiger partial charge in [0.05, 0.1) is 0 Å². The summed E-state index contributed by atoms with van der Waals surface area (Å²) in [6.45, 7) is 0.921. The fourth-order valence-electron chi connectivity index (χ4n) is 3.05. The quantitative estimate of drug-likeness (QED) is 0.887. The van der Waals surface area contributed by atoms with Crippen LogP contribution in [-0.2, 0) is 6.42 Å². The third-order valence-electron chi connectivity index (χ3n) is 4.49. The lowest BCUT2D eigenvalue weighted by atomic mass is 9.95. The molecule has 3 rings (SSSR count). The molecule has 1 aliphatic rings. The van der Waals surface area contributed by atoms with Crippen LogP contribution in [0.15, 0.2) is 36.9 Å². The highest BCUT2D eigenvalue weighted by molar-refractivity contribution is 5.48. The summed E-state index contributed by atoms with van der Waals surface area (Å²) in [5.74, 6) is 1.91. The van der Waals surface area contributed by atoms with Crippen LogP contribution in [-0.4, -0.2) is 34.6 Å². The van der Waals surface area contributed by atoms with Crippen molar-refractivity contribution in [1.82, 2.24) is 15.0 Å². The highest BCUT2D eigenvalue weighted by Gasteiger charge is 2.14. The van der Waals surface area contributed by atoms with E-state index in [-0.39, 0.29) is 0 Å². The smallest absolute Gasteiger partial charge is 0.133 e. The third-order valence-corrected chi connectivity index (χ3v) is 4.49. The van der Waals surface area contributed by atoms with E-state index in [0.29, 0.717) is 6.04 Å². The van der Waals surface area contributed by atoms with Gasteiger partial charge in [-0.1, -0.05) is 19.3 Å². The van der Waals surface area contributed by atoms with E-state index in [0.717, 1.165) is 24.6 Å². The van der Waals surface area contributed by atoms with Gasteiger partial charge in [0.15, 0.2) is 0 Å². The van der Waals surface area contributed by atoms with Crippen LogP contribution >= 0.6 is 0 Å². The number of anilines is 2. The molecule has 122 valence electrons. The summed E-state index contributed by atoms with van der Waals surface area (Å²) in [6.07, 6.45) is 12.8. The van der Waals surface area contributed by atoms with Gasteiger partial charge in [-0.05, 0) is 37.0 Å². The Morgan fingerprint density at radius 1 is 1.13 bits per heavy atom. The second-order valence-corrected chi connectivity index (χ2v) is 6.27. The summed E-state index contributed by atoms with van der Waals surface area (Å²) in [7, 11) is 2.08. The fourth-order valence-corrected chi connectivity index (χ4v) is 3.05. The average molecular weight is 311 g/mol. The van der Waals surface area contributed by atoms with Gasteiger partial charge in [0.1, 0.15) is 18.0 Å². The molecule has 0 amide bonds. The van der Waals surface area contributed by atoms with Gasteiger partial charge < -0.3 is 10.2 Å². The van der Waals surface area contributed by atoms with Gasteiger partial charge in [0.2, 0.25) is 0 Å². The predicted molar refractivity (Wildman–Crippen MR) is 93.7 cm³/mol. The van der Waals surface area contributed by atoms with E-state index in [1.807, 2.05) is 12.4 Å². The molecule has 5 nitrogen and oxygen atoms in total. The summed E-state index contributed by atoms with van der Waals surface area (Å²) in [5, 5.41) is 3.56. The number of nitrogens with one attached hydrogen (secondary N) is 1. The van der Waals surface area contributed by atoms with Crippen molar-refractivity contribution in [2.45, 2.75) is 44.6 Å². The van der Waals surface area contributed by atoms with E-state index in [2.05, 4.69) is 50.4 Å². The SMILES string of the molecule is CN(CCc1ccncc1)c1cc(NC2CCCCC2)ncn1. The van der Waals surface area contributed by atoms with Crippen molar-refractivity contribution in [3.63, 3.8) is 0 Å². The van der Waals surface area contributed by atoms with Crippen LogP contribution in [0.4, 0.5) is 11.6 Å². The minimum atomic E-state index is 0.564.